The van der Waals surface area contributed by atoms with Crippen molar-refractivity contribution in [3.05, 3.63) is 71.9 Å². The molecule has 1 saturated heterocycles. The number of carbonyl (C=O) groups is 1. The van der Waals surface area contributed by atoms with Crippen molar-refractivity contribution < 1.29 is 13.9 Å². The van der Waals surface area contributed by atoms with Crippen LogP contribution in [-0.4, -0.2) is 59.5 Å². The molecule has 1 fully saturated rings. The van der Waals surface area contributed by atoms with E-state index < -0.39 is 0 Å². The third-order valence-corrected chi connectivity index (χ3v) is 5.43. The molecule has 2 aromatic heterocycles. The lowest BCUT2D eigenvalue weighted by molar-refractivity contribution is 0.0303. The molecule has 2 aromatic carbocycles. The molecule has 33 heavy (non-hydrogen) atoms. The number of ether oxygens (including phenoxy) is 1. The normalized spacial score (nSPS) is 13.2. The number of hydrogen-bond acceptors (Lipinski definition) is 5. The van der Waals surface area contributed by atoms with Crippen molar-refractivity contribution in [2.45, 2.75) is 0 Å². The number of alkyl halides is 1. The molecule has 8 heteroatoms. The van der Waals surface area contributed by atoms with Gasteiger partial charge in [0.05, 0.1) is 37.7 Å². The summed E-state index contributed by atoms with van der Waals surface area (Å²) in [7, 11) is 0.500. The lowest BCUT2D eigenvalue weighted by atomic mass is 10.0. The van der Waals surface area contributed by atoms with E-state index in [1.807, 2.05) is 53.4 Å². The number of pyridine rings is 1. The molecule has 7 nitrogen and oxygen atoms in total. The number of aromatic amines is 1. The van der Waals surface area contributed by atoms with Crippen molar-refractivity contribution in [3.63, 3.8) is 0 Å². The molecule has 1 N–H and O–H groups in total. The minimum absolute atomic E-state index is 0.0107. The van der Waals surface area contributed by atoms with E-state index in [0.29, 0.717) is 50.3 Å². The first-order valence-electron chi connectivity index (χ1n) is 10.4. The summed E-state index contributed by atoms with van der Waals surface area (Å²) in [4.78, 5) is 19.2. The number of aromatic nitrogens is 3. The van der Waals surface area contributed by atoms with Gasteiger partial charge in [-0.05, 0) is 35.9 Å². The maximum Gasteiger partial charge on any atom is 0.254 e. The van der Waals surface area contributed by atoms with Gasteiger partial charge in [0.1, 0.15) is 0 Å². The number of nitriles is 1. The predicted molar refractivity (Wildman–Crippen MR) is 123 cm³/mol. The number of benzene rings is 2. The molecule has 0 radical (unpaired) electrons. The summed E-state index contributed by atoms with van der Waals surface area (Å²) in [6.45, 7) is 2.36. The molecule has 3 heterocycles. The van der Waals surface area contributed by atoms with Crippen LogP contribution in [0, 0.1) is 11.3 Å². The van der Waals surface area contributed by atoms with Gasteiger partial charge in [-0.1, -0.05) is 24.3 Å². The molecule has 0 bridgehead atoms. The molecule has 166 valence electrons. The number of nitrogens with one attached hydrogen (secondary N) is 1. The Morgan fingerprint density at radius 1 is 1.06 bits per heavy atom. The lowest BCUT2D eigenvalue weighted by Crippen LogP contribution is -2.40. The molecule has 0 spiro atoms. The van der Waals surface area contributed by atoms with Gasteiger partial charge < -0.3 is 9.64 Å². The zero-order valence-corrected chi connectivity index (χ0v) is 18.1. The molecule has 0 atom stereocenters. The second kappa shape index (κ2) is 10.0. The summed E-state index contributed by atoms with van der Waals surface area (Å²) in [5, 5.41) is 17.4. The smallest absolute Gasteiger partial charge is 0.254 e. The average Bonchev–Trinajstić information content (AvgIpc) is 3.33. The quantitative estimate of drug-likeness (QED) is 0.512. The largest absolute Gasteiger partial charge is 0.378 e. The first-order chi connectivity index (χ1) is 16.2. The maximum absolute atomic E-state index is 12.9. The van der Waals surface area contributed by atoms with Gasteiger partial charge in [-0.2, -0.15) is 10.4 Å². The fourth-order valence-corrected chi connectivity index (χ4v) is 3.80. The SMILES string of the molecule is CF.N#Cc1cccc(-c2[nH]nc3ncc(-c4cccc(C(=O)N5CCOCC5)c4)cc23)c1. The van der Waals surface area contributed by atoms with Crippen LogP contribution in [-0.2, 0) is 4.74 Å². The third-order valence-electron chi connectivity index (χ3n) is 5.43. The van der Waals surface area contributed by atoms with Gasteiger partial charge in [0.2, 0.25) is 0 Å². The number of nitrogens with zero attached hydrogens (tertiary/aromatic N) is 4. The molecule has 0 saturated carbocycles. The first-order valence-corrected chi connectivity index (χ1v) is 10.4. The Kier molecular flexibility index (Phi) is 6.72. The van der Waals surface area contributed by atoms with Gasteiger partial charge in [-0.15, -0.1) is 0 Å². The molecule has 1 amide bonds. The van der Waals surface area contributed by atoms with Crippen LogP contribution in [0.3, 0.4) is 0 Å². The summed E-state index contributed by atoms with van der Waals surface area (Å²) in [5.41, 5.74) is 5.31. The van der Waals surface area contributed by atoms with Crippen molar-refractivity contribution in [3.8, 4) is 28.5 Å². The molecular weight excluding hydrogens is 421 g/mol. The van der Waals surface area contributed by atoms with Gasteiger partial charge in [-0.3, -0.25) is 14.3 Å². The number of rotatable bonds is 3. The number of amides is 1. The molecular formula is C25H22FN5O2. The fourth-order valence-electron chi connectivity index (χ4n) is 3.80. The van der Waals surface area contributed by atoms with Crippen LogP contribution in [0.25, 0.3) is 33.4 Å². The summed E-state index contributed by atoms with van der Waals surface area (Å²) in [6.07, 6.45) is 1.76. The van der Waals surface area contributed by atoms with E-state index in [1.165, 1.54) is 0 Å². The topological polar surface area (TPSA) is 94.9 Å². The van der Waals surface area contributed by atoms with E-state index in [9.17, 15) is 14.4 Å². The van der Waals surface area contributed by atoms with E-state index in [-0.39, 0.29) is 5.91 Å². The monoisotopic (exact) mass is 443 g/mol. The Morgan fingerprint density at radius 3 is 2.61 bits per heavy atom. The zero-order chi connectivity index (χ0) is 23.2. The molecule has 5 rings (SSSR count). The van der Waals surface area contributed by atoms with Crippen LogP contribution in [0.5, 0.6) is 0 Å². The standard InChI is InChI=1S/C24H19N5O2.CH3F/c25-14-16-3-1-5-18(11-16)22-21-13-20(15-26-23(21)28-27-22)17-4-2-6-19(12-17)24(30)29-7-9-31-10-8-29;1-2/h1-6,11-13,15H,7-10H2,(H,26,27,28);1H3. The van der Waals surface area contributed by atoms with Crippen molar-refractivity contribution in [2.24, 2.45) is 0 Å². The minimum Gasteiger partial charge on any atom is -0.378 e. The highest BCUT2D eigenvalue weighted by Crippen LogP contribution is 2.30. The average molecular weight is 443 g/mol. The van der Waals surface area contributed by atoms with Crippen molar-refractivity contribution >= 4 is 16.9 Å². The first kappa shape index (κ1) is 22.1. The molecule has 0 aliphatic carbocycles. The molecule has 4 aromatic rings. The summed E-state index contributed by atoms with van der Waals surface area (Å²) < 4.78 is 14.8. The second-order valence-corrected chi connectivity index (χ2v) is 7.37. The van der Waals surface area contributed by atoms with Crippen LogP contribution in [0.1, 0.15) is 15.9 Å². The van der Waals surface area contributed by atoms with Gasteiger partial charge in [0.25, 0.3) is 5.91 Å². The molecule has 1 aliphatic rings. The van der Waals surface area contributed by atoms with Crippen molar-refractivity contribution in [1.82, 2.24) is 20.1 Å². The van der Waals surface area contributed by atoms with Crippen LogP contribution < -0.4 is 0 Å². The number of H-pyrrole nitrogens is 1. The van der Waals surface area contributed by atoms with Crippen LogP contribution >= 0.6 is 0 Å². The van der Waals surface area contributed by atoms with Gasteiger partial charge >= 0.3 is 0 Å². The molecule has 0 unspecified atom stereocenters. The van der Waals surface area contributed by atoms with E-state index in [4.69, 9.17) is 4.74 Å². The lowest BCUT2D eigenvalue weighted by Gasteiger charge is -2.27. The summed E-state index contributed by atoms with van der Waals surface area (Å²) in [6, 6.07) is 19.1. The zero-order valence-electron chi connectivity index (χ0n) is 18.1. The van der Waals surface area contributed by atoms with Gasteiger partial charge in [-0.25, -0.2) is 4.98 Å². The van der Waals surface area contributed by atoms with Gasteiger partial charge in [0.15, 0.2) is 5.65 Å². The van der Waals surface area contributed by atoms with Crippen molar-refractivity contribution in [1.29, 1.82) is 5.26 Å². The number of morpholine rings is 1. The van der Waals surface area contributed by atoms with Crippen molar-refractivity contribution in [2.75, 3.05) is 33.5 Å². The Labute approximate surface area is 190 Å². The van der Waals surface area contributed by atoms with Crippen LogP contribution in [0.2, 0.25) is 0 Å². The van der Waals surface area contributed by atoms with E-state index in [2.05, 4.69) is 21.3 Å². The number of carbonyl (C=O) groups excluding carboxylic acids is 1. The molecule has 1 aliphatic heterocycles. The van der Waals surface area contributed by atoms with Crippen LogP contribution in [0.4, 0.5) is 4.39 Å². The maximum atomic E-state index is 12.9. The van der Waals surface area contributed by atoms with E-state index in [1.54, 1.807) is 12.3 Å². The summed E-state index contributed by atoms with van der Waals surface area (Å²) >= 11 is 0. The Bertz CT molecular complexity index is 1320. The van der Waals surface area contributed by atoms with E-state index >= 15 is 0 Å². The Balaban J connectivity index is 0.00000126. The summed E-state index contributed by atoms with van der Waals surface area (Å²) in [5.74, 6) is 0.0107. The fraction of sp³-hybridized carbons (Fsp3) is 0.200. The Morgan fingerprint density at radius 2 is 1.82 bits per heavy atom. The third kappa shape index (κ3) is 4.59. The van der Waals surface area contributed by atoms with Gasteiger partial charge in [0, 0.05) is 41.4 Å². The minimum atomic E-state index is 0.0107. The predicted octanol–water partition coefficient (Wildman–Crippen LogP) is 4.22. The second-order valence-electron chi connectivity index (χ2n) is 7.37. The number of halogens is 1. The highest BCUT2D eigenvalue weighted by molar-refractivity contribution is 5.97. The highest BCUT2D eigenvalue weighted by atomic mass is 19.1. The number of fused-ring (bicyclic) bond motifs is 1. The Hall–Kier alpha value is -4.09. The number of hydrogen-bond donors (Lipinski definition) is 1. The van der Waals surface area contributed by atoms with E-state index in [0.717, 1.165) is 27.8 Å². The highest BCUT2D eigenvalue weighted by Gasteiger charge is 2.19. The van der Waals surface area contributed by atoms with Crippen LogP contribution in [0.15, 0.2) is 60.8 Å².